The molecule has 2 N–H and O–H groups in total. The molecule has 0 aliphatic heterocycles. The molecule has 0 unspecified atom stereocenters. The van der Waals surface area contributed by atoms with Crippen LogP contribution in [0.15, 0.2) is 18.3 Å². The van der Waals surface area contributed by atoms with Crippen molar-refractivity contribution in [2.75, 3.05) is 25.5 Å². The van der Waals surface area contributed by atoms with Crippen LogP contribution in [0.3, 0.4) is 0 Å². The van der Waals surface area contributed by atoms with Gasteiger partial charge in [0.15, 0.2) is 0 Å². The van der Waals surface area contributed by atoms with Crippen molar-refractivity contribution in [3.63, 3.8) is 0 Å². The zero-order valence-electron chi connectivity index (χ0n) is 11.9. The summed E-state index contributed by atoms with van der Waals surface area (Å²) in [5.41, 5.74) is 0.492. The second-order valence-corrected chi connectivity index (χ2v) is 5.42. The standard InChI is InChI=1S/C14H25N3O/c1-5-8-15-13-12(7-6-9-16-13)10-17(4)11-14(2,3)18/h6-7,9,18H,5,8,10-11H2,1-4H3,(H,15,16). The molecule has 0 radical (unpaired) electrons. The van der Waals surface area contributed by atoms with Crippen LogP contribution in [0.25, 0.3) is 0 Å². The summed E-state index contributed by atoms with van der Waals surface area (Å²) >= 11 is 0. The van der Waals surface area contributed by atoms with Crippen LogP contribution in [0, 0.1) is 0 Å². The molecule has 0 bridgehead atoms. The fourth-order valence-corrected chi connectivity index (χ4v) is 1.98. The molecular formula is C14H25N3O. The average Bonchev–Trinajstić information content (AvgIpc) is 2.25. The highest BCUT2D eigenvalue weighted by atomic mass is 16.3. The number of hydrogen-bond acceptors (Lipinski definition) is 4. The van der Waals surface area contributed by atoms with Gasteiger partial charge in [-0.25, -0.2) is 4.98 Å². The van der Waals surface area contributed by atoms with Gasteiger partial charge in [0, 0.05) is 31.4 Å². The van der Waals surface area contributed by atoms with Crippen molar-refractivity contribution in [1.29, 1.82) is 0 Å². The minimum Gasteiger partial charge on any atom is -0.389 e. The van der Waals surface area contributed by atoms with Crippen molar-refractivity contribution in [2.24, 2.45) is 0 Å². The van der Waals surface area contributed by atoms with Crippen LogP contribution in [0.5, 0.6) is 0 Å². The molecular weight excluding hydrogens is 226 g/mol. The van der Waals surface area contributed by atoms with E-state index in [2.05, 4.69) is 28.2 Å². The van der Waals surface area contributed by atoms with Gasteiger partial charge in [0.2, 0.25) is 0 Å². The van der Waals surface area contributed by atoms with E-state index < -0.39 is 5.60 Å². The maximum Gasteiger partial charge on any atom is 0.130 e. The van der Waals surface area contributed by atoms with E-state index in [4.69, 9.17) is 0 Å². The molecule has 18 heavy (non-hydrogen) atoms. The summed E-state index contributed by atoms with van der Waals surface area (Å²) < 4.78 is 0. The van der Waals surface area contributed by atoms with E-state index >= 15 is 0 Å². The highest BCUT2D eigenvalue weighted by Gasteiger charge is 2.16. The Morgan fingerprint density at radius 1 is 1.44 bits per heavy atom. The summed E-state index contributed by atoms with van der Waals surface area (Å²) in [5, 5.41) is 13.1. The number of likely N-dealkylation sites (N-methyl/N-ethyl adjacent to an activating group) is 1. The zero-order chi connectivity index (χ0) is 13.6. The van der Waals surface area contributed by atoms with Crippen molar-refractivity contribution in [3.05, 3.63) is 23.9 Å². The number of pyridine rings is 1. The van der Waals surface area contributed by atoms with E-state index in [9.17, 15) is 5.11 Å². The van der Waals surface area contributed by atoms with Crippen molar-refractivity contribution in [3.8, 4) is 0 Å². The molecule has 0 amide bonds. The van der Waals surface area contributed by atoms with E-state index in [1.54, 1.807) is 6.20 Å². The number of aromatic nitrogens is 1. The molecule has 4 heteroatoms. The van der Waals surface area contributed by atoms with Gasteiger partial charge in [-0.2, -0.15) is 0 Å². The predicted molar refractivity (Wildman–Crippen MR) is 75.6 cm³/mol. The van der Waals surface area contributed by atoms with E-state index in [1.165, 1.54) is 0 Å². The third-order valence-electron chi connectivity index (χ3n) is 2.53. The first-order chi connectivity index (χ1) is 8.42. The molecule has 102 valence electrons. The lowest BCUT2D eigenvalue weighted by Crippen LogP contribution is -2.36. The molecule has 0 fully saturated rings. The summed E-state index contributed by atoms with van der Waals surface area (Å²) in [4.78, 5) is 6.47. The van der Waals surface area contributed by atoms with Crippen molar-refractivity contribution < 1.29 is 5.11 Å². The van der Waals surface area contributed by atoms with Crippen molar-refractivity contribution in [2.45, 2.75) is 39.3 Å². The molecule has 0 aromatic carbocycles. The van der Waals surface area contributed by atoms with Crippen LogP contribution in [0.4, 0.5) is 5.82 Å². The molecule has 0 saturated carbocycles. The number of anilines is 1. The number of rotatable bonds is 7. The Labute approximate surface area is 110 Å². The van der Waals surface area contributed by atoms with Crippen LogP contribution in [-0.4, -0.2) is 40.7 Å². The number of hydrogen-bond donors (Lipinski definition) is 2. The molecule has 1 aromatic heterocycles. The molecule has 4 nitrogen and oxygen atoms in total. The molecule has 1 aromatic rings. The van der Waals surface area contributed by atoms with Gasteiger partial charge in [-0.3, -0.25) is 4.90 Å². The maximum atomic E-state index is 9.80. The minimum atomic E-state index is -0.673. The second kappa shape index (κ2) is 6.71. The summed E-state index contributed by atoms with van der Waals surface area (Å²) in [5.74, 6) is 0.946. The van der Waals surface area contributed by atoms with Gasteiger partial charge in [0.05, 0.1) is 5.60 Å². The summed E-state index contributed by atoms with van der Waals surface area (Å²) in [6.07, 6.45) is 2.88. The summed E-state index contributed by atoms with van der Waals surface area (Å²) in [6.45, 7) is 8.13. The van der Waals surface area contributed by atoms with Gasteiger partial charge in [-0.15, -0.1) is 0 Å². The average molecular weight is 251 g/mol. The molecule has 0 spiro atoms. The van der Waals surface area contributed by atoms with Crippen LogP contribution in [-0.2, 0) is 6.54 Å². The third kappa shape index (κ3) is 5.47. The van der Waals surface area contributed by atoms with E-state index in [0.29, 0.717) is 6.54 Å². The highest BCUT2D eigenvalue weighted by Crippen LogP contribution is 2.15. The van der Waals surface area contributed by atoms with Gasteiger partial charge >= 0.3 is 0 Å². The van der Waals surface area contributed by atoms with Crippen LogP contribution in [0.2, 0.25) is 0 Å². The van der Waals surface area contributed by atoms with Crippen molar-refractivity contribution in [1.82, 2.24) is 9.88 Å². The van der Waals surface area contributed by atoms with E-state index in [1.807, 2.05) is 27.0 Å². The largest absolute Gasteiger partial charge is 0.389 e. The van der Waals surface area contributed by atoms with E-state index in [-0.39, 0.29) is 0 Å². The lowest BCUT2D eigenvalue weighted by molar-refractivity contribution is 0.0425. The van der Waals surface area contributed by atoms with E-state index in [0.717, 1.165) is 30.9 Å². The second-order valence-electron chi connectivity index (χ2n) is 5.42. The SMILES string of the molecule is CCCNc1ncccc1CN(C)CC(C)(C)O. The van der Waals surface area contributed by atoms with Gasteiger partial charge in [-0.1, -0.05) is 13.0 Å². The Kier molecular flexibility index (Phi) is 5.56. The topological polar surface area (TPSA) is 48.4 Å². The van der Waals surface area contributed by atoms with Crippen molar-refractivity contribution >= 4 is 5.82 Å². The fraction of sp³-hybridized carbons (Fsp3) is 0.643. The predicted octanol–water partition coefficient (Wildman–Crippen LogP) is 2.11. The molecule has 0 aliphatic rings. The van der Waals surface area contributed by atoms with Gasteiger partial charge < -0.3 is 10.4 Å². The Morgan fingerprint density at radius 3 is 2.78 bits per heavy atom. The molecule has 1 heterocycles. The summed E-state index contributed by atoms with van der Waals surface area (Å²) in [6, 6.07) is 4.02. The Balaban J connectivity index is 2.65. The quantitative estimate of drug-likeness (QED) is 0.779. The lowest BCUT2D eigenvalue weighted by Gasteiger charge is -2.26. The molecule has 1 rings (SSSR count). The molecule has 0 saturated heterocycles. The maximum absolute atomic E-state index is 9.80. The van der Waals surface area contributed by atoms with Crippen LogP contribution in [0.1, 0.15) is 32.8 Å². The first-order valence-corrected chi connectivity index (χ1v) is 6.51. The highest BCUT2D eigenvalue weighted by molar-refractivity contribution is 5.43. The summed E-state index contributed by atoms with van der Waals surface area (Å²) in [7, 11) is 2.01. The molecule has 0 aliphatic carbocycles. The Hall–Kier alpha value is -1.13. The van der Waals surface area contributed by atoms with Gasteiger partial charge in [0.1, 0.15) is 5.82 Å². The number of aliphatic hydroxyl groups is 1. The lowest BCUT2D eigenvalue weighted by atomic mass is 10.1. The minimum absolute atomic E-state index is 0.634. The Morgan fingerprint density at radius 2 is 2.17 bits per heavy atom. The van der Waals surface area contributed by atoms with Gasteiger partial charge in [-0.05, 0) is 33.4 Å². The third-order valence-corrected chi connectivity index (χ3v) is 2.53. The first-order valence-electron chi connectivity index (χ1n) is 6.51. The normalized spacial score (nSPS) is 11.9. The zero-order valence-corrected chi connectivity index (χ0v) is 11.9. The molecule has 0 atom stereocenters. The Bertz CT molecular complexity index is 360. The number of nitrogens with one attached hydrogen (secondary N) is 1. The van der Waals surface area contributed by atoms with Crippen LogP contribution < -0.4 is 5.32 Å². The van der Waals surface area contributed by atoms with Gasteiger partial charge in [0.25, 0.3) is 0 Å². The van der Waals surface area contributed by atoms with Crippen LogP contribution >= 0.6 is 0 Å². The smallest absolute Gasteiger partial charge is 0.130 e. The number of nitrogens with zero attached hydrogens (tertiary/aromatic N) is 2. The first kappa shape index (κ1) is 14.9. The fourth-order valence-electron chi connectivity index (χ4n) is 1.98. The monoisotopic (exact) mass is 251 g/mol.